The molecule has 0 aromatic rings. The molecule has 1 aliphatic heterocycles. The number of hydrogen-bond acceptors (Lipinski definition) is 2. The molecule has 3 atom stereocenters. The molecular weight excluding hydrogens is 180 g/mol. The summed E-state index contributed by atoms with van der Waals surface area (Å²) in [7, 11) is 0. The number of hydrogen-bond donors (Lipinski definition) is 1. The summed E-state index contributed by atoms with van der Waals surface area (Å²) in [6.07, 6.45) is 3.92. The fourth-order valence-corrected chi connectivity index (χ4v) is 2.88. The van der Waals surface area contributed by atoms with Crippen molar-refractivity contribution in [3.8, 4) is 0 Å². The summed E-state index contributed by atoms with van der Waals surface area (Å²) in [5.41, 5.74) is 0. The molecule has 1 aliphatic carbocycles. The summed E-state index contributed by atoms with van der Waals surface area (Å²) in [6, 6.07) is 1.23. The van der Waals surface area contributed by atoms with Crippen LogP contribution in [0.3, 0.4) is 0 Å². The predicted octanol–water partition coefficient (Wildman–Crippen LogP) is 2.26. The van der Waals surface area contributed by atoms with E-state index in [1.807, 2.05) is 11.8 Å². The van der Waals surface area contributed by atoms with Crippen molar-refractivity contribution in [1.29, 1.82) is 0 Å². The maximum absolute atomic E-state index is 4.74. The normalized spacial score (nSPS) is 42.6. The van der Waals surface area contributed by atoms with E-state index in [9.17, 15) is 0 Å². The lowest BCUT2D eigenvalue weighted by Gasteiger charge is -2.32. The van der Waals surface area contributed by atoms with E-state index in [1.54, 1.807) is 0 Å². The first kappa shape index (κ1) is 9.38. The first-order chi connectivity index (χ1) is 6.25. The second-order valence-corrected chi connectivity index (χ2v) is 5.32. The highest BCUT2D eigenvalue weighted by atomic mass is 32.2. The van der Waals surface area contributed by atoms with Crippen molar-refractivity contribution in [3.05, 3.63) is 0 Å². The van der Waals surface area contributed by atoms with Crippen molar-refractivity contribution in [2.75, 3.05) is 5.75 Å². The van der Waals surface area contributed by atoms with Crippen LogP contribution in [0.1, 0.15) is 33.1 Å². The molecule has 3 heteroatoms. The molecule has 2 fully saturated rings. The van der Waals surface area contributed by atoms with Crippen LogP contribution < -0.4 is 5.32 Å². The summed E-state index contributed by atoms with van der Waals surface area (Å²) in [4.78, 5) is 4.74. The average Bonchev–Trinajstić information content (AvgIpc) is 2.12. The summed E-state index contributed by atoms with van der Waals surface area (Å²) in [6.45, 7) is 4.54. The third-order valence-electron chi connectivity index (χ3n) is 3.02. The van der Waals surface area contributed by atoms with Crippen molar-refractivity contribution in [1.82, 2.24) is 5.32 Å². The Kier molecular flexibility index (Phi) is 2.82. The van der Waals surface area contributed by atoms with Crippen LogP contribution >= 0.6 is 11.8 Å². The van der Waals surface area contributed by atoms with Crippen molar-refractivity contribution in [2.45, 2.75) is 45.2 Å². The van der Waals surface area contributed by atoms with Gasteiger partial charge in [-0.25, -0.2) is 0 Å². The van der Waals surface area contributed by atoms with Gasteiger partial charge in [0.2, 0.25) is 0 Å². The van der Waals surface area contributed by atoms with Gasteiger partial charge in [0.15, 0.2) is 5.17 Å². The minimum atomic E-state index is 0.611. The topological polar surface area (TPSA) is 24.4 Å². The zero-order valence-corrected chi connectivity index (χ0v) is 9.23. The SMILES string of the molecule is CC1CCSC(=NC2CCC2C)N1. The number of aliphatic imine (C=N–C) groups is 1. The van der Waals surface area contributed by atoms with Crippen LogP contribution in [0.4, 0.5) is 0 Å². The molecule has 2 aliphatic rings. The Hall–Kier alpha value is -0.180. The molecule has 0 aromatic heterocycles. The molecular formula is C10H18N2S. The fraction of sp³-hybridized carbons (Fsp3) is 0.900. The van der Waals surface area contributed by atoms with E-state index < -0.39 is 0 Å². The molecule has 74 valence electrons. The zero-order valence-electron chi connectivity index (χ0n) is 8.42. The first-order valence-electron chi connectivity index (χ1n) is 5.23. The molecule has 2 rings (SSSR count). The molecule has 3 unspecified atom stereocenters. The van der Waals surface area contributed by atoms with Gasteiger partial charge in [-0.3, -0.25) is 4.99 Å². The van der Waals surface area contributed by atoms with E-state index in [2.05, 4.69) is 19.2 Å². The Balaban J connectivity index is 1.91. The van der Waals surface area contributed by atoms with Gasteiger partial charge in [0, 0.05) is 11.8 Å². The summed E-state index contributed by atoms with van der Waals surface area (Å²) in [5.74, 6) is 2.04. The van der Waals surface area contributed by atoms with Gasteiger partial charge in [-0.1, -0.05) is 18.7 Å². The van der Waals surface area contributed by atoms with Gasteiger partial charge in [0.05, 0.1) is 6.04 Å². The molecule has 1 heterocycles. The van der Waals surface area contributed by atoms with Crippen LogP contribution in [-0.4, -0.2) is 23.0 Å². The largest absolute Gasteiger partial charge is 0.362 e. The second-order valence-electron chi connectivity index (χ2n) is 4.24. The predicted molar refractivity (Wildman–Crippen MR) is 59.3 cm³/mol. The molecule has 0 aromatic carbocycles. The summed E-state index contributed by atoms with van der Waals surface area (Å²) >= 11 is 1.89. The highest BCUT2D eigenvalue weighted by Crippen LogP contribution is 2.30. The Morgan fingerprint density at radius 3 is 2.69 bits per heavy atom. The van der Waals surface area contributed by atoms with E-state index in [4.69, 9.17) is 4.99 Å². The van der Waals surface area contributed by atoms with Gasteiger partial charge in [-0.15, -0.1) is 0 Å². The molecule has 2 nitrogen and oxygen atoms in total. The zero-order chi connectivity index (χ0) is 9.26. The highest BCUT2D eigenvalue weighted by molar-refractivity contribution is 8.13. The fourth-order valence-electron chi connectivity index (χ4n) is 1.72. The first-order valence-corrected chi connectivity index (χ1v) is 6.21. The maximum atomic E-state index is 4.74. The molecule has 0 spiro atoms. The van der Waals surface area contributed by atoms with E-state index in [0.717, 1.165) is 5.92 Å². The monoisotopic (exact) mass is 198 g/mol. The molecule has 0 bridgehead atoms. The van der Waals surface area contributed by atoms with E-state index in [-0.39, 0.29) is 0 Å². The molecule has 13 heavy (non-hydrogen) atoms. The molecule has 1 N–H and O–H groups in total. The van der Waals surface area contributed by atoms with Gasteiger partial charge in [-0.2, -0.15) is 0 Å². The molecule has 1 saturated heterocycles. The Labute approximate surface area is 84.6 Å². The van der Waals surface area contributed by atoms with Crippen LogP contribution in [0.2, 0.25) is 0 Å². The number of nitrogens with zero attached hydrogens (tertiary/aromatic N) is 1. The van der Waals surface area contributed by atoms with Crippen molar-refractivity contribution < 1.29 is 0 Å². The van der Waals surface area contributed by atoms with E-state index >= 15 is 0 Å². The molecule has 1 saturated carbocycles. The third-order valence-corrected chi connectivity index (χ3v) is 3.95. The summed E-state index contributed by atoms with van der Waals surface area (Å²) < 4.78 is 0. The highest BCUT2D eigenvalue weighted by Gasteiger charge is 2.27. The van der Waals surface area contributed by atoms with Gasteiger partial charge in [-0.05, 0) is 32.1 Å². The van der Waals surface area contributed by atoms with Crippen LogP contribution in [0.15, 0.2) is 4.99 Å². The van der Waals surface area contributed by atoms with Gasteiger partial charge in [0.1, 0.15) is 0 Å². The number of thioether (sulfide) groups is 1. The van der Waals surface area contributed by atoms with E-state index in [1.165, 1.54) is 30.2 Å². The molecule has 0 amide bonds. The third kappa shape index (κ3) is 2.19. The van der Waals surface area contributed by atoms with Crippen molar-refractivity contribution >= 4 is 16.9 Å². The van der Waals surface area contributed by atoms with Crippen LogP contribution in [0.25, 0.3) is 0 Å². The Morgan fingerprint density at radius 2 is 2.15 bits per heavy atom. The lowest BCUT2D eigenvalue weighted by atomic mass is 9.82. The lowest BCUT2D eigenvalue weighted by molar-refractivity contribution is 0.284. The standard InChI is InChI=1S/C10H18N2S/c1-7-3-4-9(7)12-10-11-8(2)5-6-13-10/h7-9H,3-6H2,1-2H3,(H,11,12). The summed E-state index contributed by atoms with van der Waals surface area (Å²) in [5, 5.41) is 4.64. The smallest absolute Gasteiger partial charge is 0.157 e. The van der Waals surface area contributed by atoms with Crippen molar-refractivity contribution in [3.63, 3.8) is 0 Å². The molecule has 0 radical (unpaired) electrons. The quantitative estimate of drug-likeness (QED) is 0.699. The van der Waals surface area contributed by atoms with Crippen LogP contribution in [-0.2, 0) is 0 Å². The number of amidine groups is 1. The minimum absolute atomic E-state index is 0.611. The van der Waals surface area contributed by atoms with Gasteiger partial charge >= 0.3 is 0 Å². The number of nitrogens with one attached hydrogen (secondary N) is 1. The minimum Gasteiger partial charge on any atom is -0.362 e. The number of rotatable bonds is 1. The Morgan fingerprint density at radius 1 is 1.31 bits per heavy atom. The Bertz CT molecular complexity index is 215. The van der Waals surface area contributed by atoms with Gasteiger partial charge in [0.25, 0.3) is 0 Å². The van der Waals surface area contributed by atoms with E-state index in [0.29, 0.717) is 12.1 Å². The second kappa shape index (κ2) is 3.91. The average molecular weight is 198 g/mol. The van der Waals surface area contributed by atoms with Gasteiger partial charge < -0.3 is 5.32 Å². The van der Waals surface area contributed by atoms with Crippen LogP contribution in [0, 0.1) is 5.92 Å². The van der Waals surface area contributed by atoms with Crippen LogP contribution in [0.5, 0.6) is 0 Å². The van der Waals surface area contributed by atoms with Crippen molar-refractivity contribution in [2.24, 2.45) is 10.9 Å². The lowest BCUT2D eigenvalue weighted by Crippen LogP contribution is -2.38. The maximum Gasteiger partial charge on any atom is 0.157 e.